The number of rotatable bonds is 6. The molecule has 0 bridgehead atoms. The minimum absolute atomic E-state index is 0.106. The number of tetrazole rings is 1. The van der Waals surface area contributed by atoms with E-state index >= 15 is 0 Å². The van der Waals surface area contributed by atoms with Crippen LogP contribution in [-0.4, -0.2) is 31.3 Å². The molecule has 2 aromatic rings. The van der Waals surface area contributed by atoms with Gasteiger partial charge in [-0.2, -0.15) is 0 Å². The maximum absolute atomic E-state index is 11.3. The number of aromatic nitrogens is 4. The lowest BCUT2D eigenvalue weighted by Crippen LogP contribution is -2.38. The number of carboxylic acids is 1. The summed E-state index contributed by atoms with van der Waals surface area (Å²) in [7, 11) is 0. The third-order valence-corrected chi connectivity index (χ3v) is 3.29. The number of carboxylic acid groups (broad SMARTS) is 1. The van der Waals surface area contributed by atoms with Crippen molar-refractivity contribution >= 4 is 5.97 Å². The molecule has 0 aliphatic carbocycles. The van der Waals surface area contributed by atoms with Gasteiger partial charge in [-0.15, -0.1) is 5.10 Å². The molecule has 0 aliphatic rings. The number of ether oxygens (including phenoxy) is 1. The van der Waals surface area contributed by atoms with Gasteiger partial charge in [0.1, 0.15) is 12.4 Å². The SMILES string of the molecule is CCc1ccc(OCc2nnnn2C(C)(C)C(=O)O)cc1. The van der Waals surface area contributed by atoms with E-state index in [4.69, 9.17) is 4.74 Å². The molecule has 1 aromatic carbocycles. The number of hydrogen-bond acceptors (Lipinski definition) is 5. The Balaban J connectivity index is 2.10. The fraction of sp³-hybridized carbons (Fsp3) is 0.429. The molecular formula is C14H18N4O3. The van der Waals surface area contributed by atoms with Crippen LogP contribution in [0, 0.1) is 0 Å². The normalized spacial score (nSPS) is 11.4. The van der Waals surface area contributed by atoms with Crippen molar-refractivity contribution in [3.05, 3.63) is 35.7 Å². The third kappa shape index (κ3) is 3.18. The van der Waals surface area contributed by atoms with Crippen molar-refractivity contribution in [2.75, 3.05) is 0 Å². The Kier molecular flexibility index (Phi) is 4.21. The van der Waals surface area contributed by atoms with Crippen molar-refractivity contribution < 1.29 is 14.6 Å². The van der Waals surface area contributed by atoms with Crippen molar-refractivity contribution in [1.29, 1.82) is 0 Å². The van der Waals surface area contributed by atoms with E-state index < -0.39 is 11.5 Å². The highest BCUT2D eigenvalue weighted by Gasteiger charge is 2.33. The Labute approximate surface area is 122 Å². The van der Waals surface area contributed by atoms with Gasteiger partial charge in [0, 0.05) is 0 Å². The molecule has 2 rings (SSSR count). The average Bonchev–Trinajstić information content (AvgIpc) is 2.94. The summed E-state index contributed by atoms with van der Waals surface area (Å²) in [5, 5.41) is 20.3. The molecule has 21 heavy (non-hydrogen) atoms. The molecule has 0 radical (unpaired) electrons. The first-order valence-corrected chi connectivity index (χ1v) is 6.68. The largest absolute Gasteiger partial charge is 0.486 e. The molecule has 0 spiro atoms. The second-order valence-corrected chi connectivity index (χ2v) is 5.16. The summed E-state index contributed by atoms with van der Waals surface area (Å²) in [5.41, 5.74) is -0.00644. The van der Waals surface area contributed by atoms with Gasteiger partial charge < -0.3 is 9.84 Å². The van der Waals surface area contributed by atoms with Crippen LogP contribution in [0.1, 0.15) is 32.2 Å². The fourth-order valence-electron chi connectivity index (χ4n) is 1.79. The molecular weight excluding hydrogens is 272 g/mol. The minimum Gasteiger partial charge on any atom is -0.486 e. The molecule has 0 saturated carbocycles. The number of carbonyl (C=O) groups is 1. The molecule has 7 heteroatoms. The molecule has 0 atom stereocenters. The minimum atomic E-state index is -1.23. The molecule has 0 unspecified atom stereocenters. The Morgan fingerprint density at radius 1 is 1.33 bits per heavy atom. The van der Waals surface area contributed by atoms with Crippen LogP contribution in [0.3, 0.4) is 0 Å². The van der Waals surface area contributed by atoms with Crippen molar-refractivity contribution in [3.8, 4) is 5.75 Å². The van der Waals surface area contributed by atoms with Crippen molar-refractivity contribution in [2.45, 2.75) is 39.3 Å². The van der Waals surface area contributed by atoms with E-state index in [1.54, 1.807) is 0 Å². The molecule has 0 saturated heterocycles. The van der Waals surface area contributed by atoms with E-state index in [9.17, 15) is 9.90 Å². The summed E-state index contributed by atoms with van der Waals surface area (Å²) in [6.45, 7) is 5.25. The summed E-state index contributed by atoms with van der Waals surface area (Å²) in [5.74, 6) is 0.0418. The quantitative estimate of drug-likeness (QED) is 0.869. The maximum Gasteiger partial charge on any atom is 0.331 e. The lowest BCUT2D eigenvalue weighted by atomic mass is 10.1. The van der Waals surface area contributed by atoms with Gasteiger partial charge >= 0.3 is 5.97 Å². The number of benzene rings is 1. The van der Waals surface area contributed by atoms with Gasteiger partial charge in [-0.1, -0.05) is 19.1 Å². The number of aryl methyl sites for hydroxylation is 1. The molecule has 1 aromatic heterocycles. The molecule has 7 nitrogen and oxygen atoms in total. The Hall–Kier alpha value is -2.44. The highest BCUT2D eigenvalue weighted by molar-refractivity contribution is 5.75. The smallest absolute Gasteiger partial charge is 0.331 e. The van der Waals surface area contributed by atoms with Gasteiger partial charge in [0.2, 0.25) is 0 Å². The van der Waals surface area contributed by atoms with Crippen molar-refractivity contribution in [3.63, 3.8) is 0 Å². The first-order valence-electron chi connectivity index (χ1n) is 6.68. The van der Waals surface area contributed by atoms with Crippen LogP contribution in [-0.2, 0) is 23.4 Å². The highest BCUT2D eigenvalue weighted by Crippen LogP contribution is 2.18. The van der Waals surface area contributed by atoms with Crippen LogP contribution < -0.4 is 4.74 Å². The van der Waals surface area contributed by atoms with E-state index in [0.29, 0.717) is 11.6 Å². The summed E-state index contributed by atoms with van der Waals surface area (Å²) in [4.78, 5) is 11.3. The Morgan fingerprint density at radius 2 is 2.00 bits per heavy atom. The van der Waals surface area contributed by atoms with Crippen LogP contribution in [0.25, 0.3) is 0 Å². The molecule has 0 fully saturated rings. The van der Waals surface area contributed by atoms with Crippen LogP contribution in [0.2, 0.25) is 0 Å². The van der Waals surface area contributed by atoms with Crippen molar-refractivity contribution in [1.82, 2.24) is 20.2 Å². The highest BCUT2D eigenvalue weighted by atomic mass is 16.5. The van der Waals surface area contributed by atoms with Crippen LogP contribution >= 0.6 is 0 Å². The van der Waals surface area contributed by atoms with E-state index in [-0.39, 0.29) is 6.61 Å². The average molecular weight is 290 g/mol. The van der Waals surface area contributed by atoms with Gasteiger partial charge in [-0.05, 0) is 48.4 Å². The first kappa shape index (κ1) is 15.0. The molecule has 0 aliphatic heterocycles. The molecule has 1 heterocycles. The summed E-state index contributed by atoms with van der Waals surface area (Å²) >= 11 is 0. The number of hydrogen-bond donors (Lipinski definition) is 1. The van der Waals surface area contributed by atoms with Crippen LogP contribution in [0.5, 0.6) is 5.75 Å². The van der Waals surface area contributed by atoms with E-state index in [1.165, 1.54) is 24.1 Å². The van der Waals surface area contributed by atoms with E-state index in [1.807, 2.05) is 24.3 Å². The van der Waals surface area contributed by atoms with E-state index in [2.05, 4.69) is 22.4 Å². The summed E-state index contributed by atoms with van der Waals surface area (Å²) < 4.78 is 6.87. The monoisotopic (exact) mass is 290 g/mol. The predicted octanol–water partition coefficient (Wildman–Crippen LogP) is 1.63. The van der Waals surface area contributed by atoms with Crippen LogP contribution in [0.4, 0.5) is 0 Å². The second kappa shape index (κ2) is 5.90. The number of aliphatic carboxylic acids is 1. The zero-order chi connectivity index (χ0) is 15.5. The number of nitrogens with zero attached hydrogens (tertiary/aromatic N) is 4. The Morgan fingerprint density at radius 3 is 2.57 bits per heavy atom. The molecule has 0 amide bonds. The topological polar surface area (TPSA) is 90.1 Å². The third-order valence-electron chi connectivity index (χ3n) is 3.29. The fourth-order valence-corrected chi connectivity index (χ4v) is 1.79. The maximum atomic E-state index is 11.3. The van der Waals surface area contributed by atoms with Gasteiger partial charge in [-0.3, -0.25) is 0 Å². The molecule has 1 N–H and O–H groups in total. The summed E-state index contributed by atoms with van der Waals surface area (Å²) in [6.07, 6.45) is 0.964. The Bertz CT molecular complexity index is 619. The van der Waals surface area contributed by atoms with Gasteiger partial charge in [0.05, 0.1) is 0 Å². The predicted molar refractivity (Wildman–Crippen MR) is 74.9 cm³/mol. The zero-order valence-corrected chi connectivity index (χ0v) is 12.3. The molecule has 112 valence electrons. The van der Waals surface area contributed by atoms with E-state index in [0.717, 1.165) is 6.42 Å². The van der Waals surface area contributed by atoms with Crippen LogP contribution in [0.15, 0.2) is 24.3 Å². The standard InChI is InChI=1S/C14H18N4O3/c1-4-10-5-7-11(8-6-10)21-9-12-15-16-17-18(12)14(2,3)13(19)20/h5-8H,4,9H2,1-3H3,(H,19,20). The first-order chi connectivity index (χ1) is 9.95. The zero-order valence-electron chi connectivity index (χ0n) is 12.3. The summed E-state index contributed by atoms with van der Waals surface area (Å²) in [6, 6.07) is 7.71. The van der Waals surface area contributed by atoms with Gasteiger partial charge in [0.15, 0.2) is 11.4 Å². The lowest BCUT2D eigenvalue weighted by molar-refractivity contribution is -0.146. The second-order valence-electron chi connectivity index (χ2n) is 5.16. The van der Waals surface area contributed by atoms with Gasteiger partial charge in [-0.25, -0.2) is 9.48 Å². The van der Waals surface area contributed by atoms with Gasteiger partial charge in [0.25, 0.3) is 0 Å². The lowest BCUT2D eigenvalue weighted by Gasteiger charge is -2.20. The van der Waals surface area contributed by atoms with Crippen molar-refractivity contribution in [2.24, 2.45) is 0 Å².